The number of nitrogens with zero attached hydrogens (tertiary/aromatic N) is 1. The van der Waals surface area contributed by atoms with Gasteiger partial charge in [0, 0.05) is 24.3 Å². The van der Waals surface area contributed by atoms with Crippen LogP contribution in [0.1, 0.15) is 36.0 Å². The maximum absolute atomic E-state index is 12.4. The molecular weight excluding hydrogens is 374 g/mol. The molecule has 0 bridgehead atoms. The van der Waals surface area contributed by atoms with Crippen molar-refractivity contribution < 1.29 is 13.2 Å². The molecule has 7 heteroatoms. The molecule has 2 aromatic carbocycles. The van der Waals surface area contributed by atoms with E-state index in [2.05, 4.69) is 14.9 Å². The van der Waals surface area contributed by atoms with E-state index in [-0.39, 0.29) is 10.8 Å². The van der Waals surface area contributed by atoms with Crippen LogP contribution in [0.4, 0.5) is 5.69 Å². The van der Waals surface area contributed by atoms with Gasteiger partial charge >= 0.3 is 0 Å². The summed E-state index contributed by atoms with van der Waals surface area (Å²) in [7, 11) is -3.68. The molecular formula is C21H27N3O3S. The molecule has 2 aromatic rings. The summed E-state index contributed by atoms with van der Waals surface area (Å²) in [5, 5.41) is 2.92. The average Bonchev–Trinajstić information content (AvgIpc) is 2.97. The molecule has 150 valence electrons. The molecule has 1 aliphatic heterocycles. The molecule has 0 radical (unpaired) electrons. The summed E-state index contributed by atoms with van der Waals surface area (Å²) in [4.78, 5) is 14.8. The van der Waals surface area contributed by atoms with Crippen LogP contribution >= 0.6 is 0 Å². The summed E-state index contributed by atoms with van der Waals surface area (Å²) in [5.41, 5.74) is 0.951. The van der Waals surface area contributed by atoms with E-state index < -0.39 is 10.0 Å². The number of hydrogen-bond acceptors (Lipinski definition) is 4. The van der Waals surface area contributed by atoms with E-state index in [0.29, 0.717) is 17.8 Å². The van der Waals surface area contributed by atoms with Gasteiger partial charge in [0.05, 0.1) is 4.90 Å². The lowest BCUT2D eigenvalue weighted by Crippen LogP contribution is -2.35. The zero-order valence-corrected chi connectivity index (χ0v) is 16.7. The normalized spacial score (nSPS) is 15.6. The fraction of sp³-hybridized carbons (Fsp3) is 0.381. The Morgan fingerprint density at radius 3 is 2.18 bits per heavy atom. The van der Waals surface area contributed by atoms with Crippen LogP contribution in [0.15, 0.2) is 59.5 Å². The minimum absolute atomic E-state index is 0.123. The number of sulfonamides is 1. The zero-order chi connectivity index (χ0) is 19.8. The Kier molecular flexibility index (Phi) is 7.06. The van der Waals surface area contributed by atoms with E-state index in [0.717, 1.165) is 19.6 Å². The van der Waals surface area contributed by atoms with E-state index in [1.165, 1.54) is 37.8 Å². The van der Waals surface area contributed by atoms with Gasteiger partial charge in [-0.3, -0.25) is 9.52 Å². The third-order valence-electron chi connectivity index (χ3n) is 4.87. The highest BCUT2D eigenvalue weighted by atomic mass is 32.2. The van der Waals surface area contributed by atoms with E-state index in [1.807, 2.05) is 6.07 Å². The van der Waals surface area contributed by atoms with E-state index in [4.69, 9.17) is 0 Å². The van der Waals surface area contributed by atoms with E-state index in [9.17, 15) is 13.2 Å². The van der Waals surface area contributed by atoms with Crippen molar-refractivity contribution in [3.05, 3.63) is 60.2 Å². The lowest BCUT2D eigenvalue weighted by atomic mass is 10.2. The number of likely N-dealkylation sites (tertiary alicyclic amines) is 1. The lowest BCUT2D eigenvalue weighted by Gasteiger charge is -2.19. The molecule has 0 aromatic heterocycles. The second kappa shape index (κ2) is 9.71. The first-order valence-electron chi connectivity index (χ1n) is 9.73. The van der Waals surface area contributed by atoms with Crippen molar-refractivity contribution in [2.24, 2.45) is 0 Å². The van der Waals surface area contributed by atoms with Gasteiger partial charge in [-0.25, -0.2) is 8.42 Å². The van der Waals surface area contributed by atoms with Gasteiger partial charge in [0.25, 0.3) is 15.9 Å². The van der Waals surface area contributed by atoms with Gasteiger partial charge in [-0.15, -0.1) is 0 Å². The van der Waals surface area contributed by atoms with Crippen LogP contribution in [-0.2, 0) is 10.0 Å². The van der Waals surface area contributed by atoms with Crippen molar-refractivity contribution in [2.75, 3.05) is 30.9 Å². The SMILES string of the molecule is O=C(NCCN1CCCCCC1)c1ccc(S(=O)(=O)Nc2ccccc2)cc1. The summed E-state index contributed by atoms with van der Waals surface area (Å²) in [6.45, 7) is 3.63. The third-order valence-corrected chi connectivity index (χ3v) is 6.26. The van der Waals surface area contributed by atoms with Gasteiger partial charge in [0.2, 0.25) is 0 Å². The highest BCUT2D eigenvalue weighted by molar-refractivity contribution is 7.92. The summed E-state index contributed by atoms with van der Waals surface area (Å²) < 4.78 is 27.4. The second-order valence-electron chi connectivity index (χ2n) is 7.01. The molecule has 6 nitrogen and oxygen atoms in total. The first-order chi connectivity index (χ1) is 13.5. The van der Waals surface area contributed by atoms with Crippen LogP contribution in [0.5, 0.6) is 0 Å². The zero-order valence-electron chi connectivity index (χ0n) is 15.9. The van der Waals surface area contributed by atoms with Crippen molar-refractivity contribution in [1.82, 2.24) is 10.2 Å². The minimum Gasteiger partial charge on any atom is -0.351 e. The summed E-state index contributed by atoms with van der Waals surface area (Å²) in [5.74, 6) is -0.185. The molecule has 0 aliphatic carbocycles. The van der Waals surface area contributed by atoms with Gasteiger partial charge in [0.15, 0.2) is 0 Å². The topological polar surface area (TPSA) is 78.5 Å². The lowest BCUT2D eigenvalue weighted by molar-refractivity contribution is 0.0948. The monoisotopic (exact) mass is 401 g/mol. The quantitative estimate of drug-likeness (QED) is 0.747. The number of hydrogen-bond donors (Lipinski definition) is 2. The molecule has 28 heavy (non-hydrogen) atoms. The number of amides is 1. The molecule has 1 saturated heterocycles. The smallest absolute Gasteiger partial charge is 0.261 e. The maximum atomic E-state index is 12.4. The fourth-order valence-electron chi connectivity index (χ4n) is 3.30. The van der Waals surface area contributed by atoms with Crippen molar-refractivity contribution in [3.63, 3.8) is 0 Å². The van der Waals surface area contributed by atoms with Crippen LogP contribution in [-0.4, -0.2) is 45.4 Å². The highest BCUT2D eigenvalue weighted by Crippen LogP contribution is 2.16. The van der Waals surface area contributed by atoms with Crippen LogP contribution in [0.25, 0.3) is 0 Å². The Morgan fingerprint density at radius 1 is 0.893 bits per heavy atom. The third kappa shape index (κ3) is 5.81. The number of rotatable bonds is 7. The summed E-state index contributed by atoms with van der Waals surface area (Å²) in [6.07, 6.45) is 5.02. The van der Waals surface area contributed by atoms with Gasteiger partial charge in [-0.2, -0.15) is 0 Å². The van der Waals surface area contributed by atoms with Crippen molar-refractivity contribution >= 4 is 21.6 Å². The molecule has 0 atom stereocenters. The van der Waals surface area contributed by atoms with Gasteiger partial charge in [0.1, 0.15) is 0 Å². The van der Waals surface area contributed by atoms with Crippen LogP contribution in [0.2, 0.25) is 0 Å². The predicted octanol–water partition coefficient (Wildman–Crippen LogP) is 3.09. The van der Waals surface area contributed by atoms with Crippen molar-refractivity contribution in [3.8, 4) is 0 Å². The molecule has 1 heterocycles. The fourth-order valence-corrected chi connectivity index (χ4v) is 4.35. The van der Waals surface area contributed by atoms with E-state index in [1.54, 1.807) is 36.4 Å². The van der Waals surface area contributed by atoms with Gasteiger partial charge in [-0.1, -0.05) is 31.0 Å². The molecule has 3 rings (SSSR count). The second-order valence-corrected chi connectivity index (χ2v) is 8.69. The van der Waals surface area contributed by atoms with Crippen molar-refractivity contribution in [2.45, 2.75) is 30.6 Å². The Labute approximate surface area is 167 Å². The number of benzene rings is 2. The molecule has 1 fully saturated rings. The van der Waals surface area contributed by atoms with Crippen LogP contribution in [0, 0.1) is 0 Å². The molecule has 0 unspecified atom stereocenters. The Balaban J connectivity index is 1.53. The molecule has 2 N–H and O–H groups in total. The number of carbonyl (C=O) groups is 1. The standard InChI is InChI=1S/C21H27N3O3S/c25-21(22-14-17-24-15-6-1-2-7-16-24)18-10-12-20(13-11-18)28(26,27)23-19-8-4-3-5-9-19/h3-5,8-13,23H,1-2,6-7,14-17H2,(H,22,25). The number of para-hydroxylation sites is 1. The Hall–Kier alpha value is -2.38. The first kappa shape index (κ1) is 20.4. The van der Waals surface area contributed by atoms with Crippen LogP contribution in [0.3, 0.4) is 0 Å². The van der Waals surface area contributed by atoms with Crippen LogP contribution < -0.4 is 10.0 Å². The number of anilines is 1. The largest absolute Gasteiger partial charge is 0.351 e. The average molecular weight is 402 g/mol. The molecule has 1 amide bonds. The maximum Gasteiger partial charge on any atom is 0.261 e. The Bertz CT molecular complexity index is 860. The minimum atomic E-state index is -3.68. The summed E-state index contributed by atoms with van der Waals surface area (Å²) >= 11 is 0. The Morgan fingerprint density at radius 2 is 1.54 bits per heavy atom. The first-order valence-corrected chi connectivity index (χ1v) is 11.2. The van der Waals surface area contributed by atoms with Crippen molar-refractivity contribution in [1.29, 1.82) is 0 Å². The summed E-state index contributed by atoms with van der Waals surface area (Å²) in [6, 6.07) is 14.7. The highest BCUT2D eigenvalue weighted by Gasteiger charge is 2.15. The van der Waals surface area contributed by atoms with Gasteiger partial charge < -0.3 is 10.2 Å². The number of carbonyl (C=O) groups excluding carboxylic acids is 1. The molecule has 0 saturated carbocycles. The number of nitrogens with one attached hydrogen (secondary N) is 2. The molecule has 0 spiro atoms. The van der Waals surface area contributed by atoms with E-state index >= 15 is 0 Å². The predicted molar refractivity (Wildman–Crippen MR) is 111 cm³/mol. The molecule has 1 aliphatic rings. The van der Waals surface area contributed by atoms with Gasteiger partial charge in [-0.05, 0) is 62.3 Å².